The predicted octanol–water partition coefficient (Wildman–Crippen LogP) is 1.22. The van der Waals surface area contributed by atoms with Crippen LogP contribution in [0.4, 0.5) is 5.95 Å². The normalized spacial score (nSPS) is 17.1. The van der Waals surface area contributed by atoms with Crippen LogP contribution in [0, 0.1) is 0 Å². The third-order valence-corrected chi connectivity index (χ3v) is 4.97. The zero-order valence-electron chi connectivity index (χ0n) is 11.0. The first-order chi connectivity index (χ1) is 9.70. The molecule has 8 heteroatoms. The summed E-state index contributed by atoms with van der Waals surface area (Å²) in [5.74, 6) is 1.56. The van der Waals surface area contributed by atoms with Crippen LogP contribution >= 0.6 is 35.6 Å². The van der Waals surface area contributed by atoms with Gasteiger partial charge in [-0.3, -0.25) is 0 Å². The number of thioether (sulfide) groups is 1. The third kappa shape index (κ3) is 4.44. The lowest BCUT2D eigenvalue weighted by Crippen LogP contribution is -2.48. The van der Waals surface area contributed by atoms with Crippen LogP contribution in [0.25, 0.3) is 0 Å². The van der Waals surface area contributed by atoms with E-state index in [1.807, 2.05) is 6.07 Å². The second-order valence-corrected chi connectivity index (χ2v) is 6.37. The van der Waals surface area contributed by atoms with Crippen molar-refractivity contribution in [1.82, 2.24) is 14.9 Å². The smallest absolute Gasteiger partial charge is 0.225 e. The maximum atomic E-state index is 9.44. The molecule has 5 nitrogen and oxygen atoms in total. The molecule has 1 unspecified atom stereocenters. The third-order valence-electron chi connectivity index (χ3n) is 2.95. The number of aliphatic hydroxyl groups excluding tert-OH is 1. The van der Waals surface area contributed by atoms with E-state index < -0.39 is 6.10 Å². The zero-order chi connectivity index (χ0) is 14.4. The van der Waals surface area contributed by atoms with Gasteiger partial charge in [0.05, 0.1) is 6.10 Å². The number of halogens is 1. The van der Waals surface area contributed by atoms with Gasteiger partial charge in [0.25, 0.3) is 0 Å². The van der Waals surface area contributed by atoms with Crippen LogP contribution in [0.2, 0.25) is 0 Å². The molecule has 1 aliphatic heterocycles. The maximum absolute atomic E-state index is 9.44. The molecule has 2 rings (SSSR count). The van der Waals surface area contributed by atoms with Crippen molar-refractivity contribution in [3.8, 4) is 0 Å². The Morgan fingerprint density at radius 1 is 1.35 bits per heavy atom. The summed E-state index contributed by atoms with van der Waals surface area (Å²) in [7, 11) is 0. The first-order valence-corrected chi connectivity index (χ1v) is 8.31. The lowest BCUT2D eigenvalue weighted by Gasteiger charge is -2.35. The van der Waals surface area contributed by atoms with Gasteiger partial charge in [-0.15, -0.1) is 11.6 Å². The number of thiocarbonyl (C=S) groups is 1. The molecule has 1 fully saturated rings. The van der Waals surface area contributed by atoms with Crippen molar-refractivity contribution in [3.05, 3.63) is 18.5 Å². The van der Waals surface area contributed by atoms with Gasteiger partial charge < -0.3 is 14.9 Å². The number of aromatic nitrogens is 2. The highest BCUT2D eigenvalue weighted by molar-refractivity contribution is 8.22. The lowest BCUT2D eigenvalue weighted by molar-refractivity contribution is 0.224. The summed E-state index contributed by atoms with van der Waals surface area (Å²) in [5, 5.41) is 9.44. The molecule has 0 radical (unpaired) electrons. The van der Waals surface area contributed by atoms with Gasteiger partial charge in [-0.25, -0.2) is 9.97 Å². The van der Waals surface area contributed by atoms with E-state index >= 15 is 0 Å². The number of alkyl halides is 1. The number of hydrogen-bond donors (Lipinski definition) is 1. The van der Waals surface area contributed by atoms with Crippen molar-refractivity contribution in [3.63, 3.8) is 0 Å². The summed E-state index contributed by atoms with van der Waals surface area (Å²) < 4.78 is 0.822. The minimum absolute atomic E-state index is 0.245. The largest absolute Gasteiger partial charge is 0.391 e. The standard InChI is InChI=1S/C12H17ClN4OS2/c13-8-10(18)9-20-12(19)17-6-4-16(5-7-17)11-14-2-1-3-15-11/h1-3,10,18H,4-9H2. The van der Waals surface area contributed by atoms with Gasteiger partial charge in [0, 0.05) is 50.2 Å². The monoisotopic (exact) mass is 332 g/mol. The number of rotatable bonds is 4. The van der Waals surface area contributed by atoms with Crippen LogP contribution < -0.4 is 4.90 Å². The average Bonchev–Trinajstić information content (AvgIpc) is 2.53. The molecular formula is C12H17ClN4OS2. The van der Waals surface area contributed by atoms with Crippen LogP contribution in [0.15, 0.2) is 18.5 Å². The quantitative estimate of drug-likeness (QED) is 0.657. The van der Waals surface area contributed by atoms with E-state index in [2.05, 4.69) is 19.8 Å². The highest BCUT2D eigenvalue weighted by Gasteiger charge is 2.21. The zero-order valence-corrected chi connectivity index (χ0v) is 13.4. The Labute approximate surface area is 133 Å². The molecular weight excluding hydrogens is 316 g/mol. The van der Waals surface area contributed by atoms with Gasteiger partial charge in [-0.2, -0.15) is 0 Å². The molecule has 2 heterocycles. The van der Waals surface area contributed by atoms with Crippen molar-refractivity contribution in [2.75, 3.05) is 42.7 Å². The highest BCUT2D eigenvalue weighted by atomic mass is 35.5. The highest BCUT2D eigenvalue weighted by Crippen LogP contribution is 2.16. The van der Waals surface area contributed by atoms with Gasteiger partial charge >= 0.3 is 0 Å². The van der Waals surface area contributed by atoms with Gasteiger partial charge in [0.1, 0.15) is 4.32 Å². The second-order valence-electron chi connectivity index (χ2n) is 4.41. The maximum Gasteiger partial charge on any atom is 0.225 e. The fourth-order valence-electron chi connectivity index (χ4n) is 1.85. The van der Waals surface area contributed by atoms with Crippen LogP contribution in [0.5, 0.6) is 0 Å². The fraction of sp³-hybridized carbons (Fsp3) is 0.583. The Morgan fingerprint density at radius 3 is 2.60 bits per heavy atom. The molecule has 1 aliphatic rings. The molecule has 0 saturated carbocycles. The Balaban J connectivity index is 1.78. The predicted molar refractivity (Wildman–Crippen MR) is 87.6 cm³/mol. The molecule has 1 aromatic rings. The minimum atomic E-state index is -0.501. The Morgan fingerprint density at radius 2 is 2.00 bits per heavy atom. The first-order valence-electron chi connectivity index (χ1n) is 6.38. The van der Waals surface area contributed by atoms with E-state index in [1.54, 1.807) is 12.4 Å². The van der Waals surface area contributed by atoms with Crippen LogP contribution in [-0.2, 0) is 0 Å². The SMILES string of the molecule is OC(CCl)CSC(=S)N1CCN(c2ncccn2)CC1. The Kier molecular flexibility index (Phi) is 6.28. The van der Waals surface area contributed by atoms with Gasteiger partial charge in [0.15, 0.2) is 0 Å². The van der Waals surface area contributed by atoms with Crippen molar-refractivity contribution in [2.24, 2.45) is 0 Å². The van der Waals surface area contributed by atoms with Crippen LogP contribution in [-0.4, -0.2) is 68.2 Å². The van der Waals surface area contributed by atoms with Crippen LogP contribution in [0.1, 0.15) is 0 Å². The van der Waals surface area contributed by atoms with E-state index in [-0.39, 0.29) is 5.88 Å². The summed E-state index contributed by atoms with van der Waals surface area (Å²) in [5.41, 5.74) is 0. The molecule has 1 atom stereocenters. The van der Waals surface area contributed by atoms with E-state index in [0.717, 1.165) is 36.4 Å². The minimum Gasteiger partial charge on any atom is -0.391 e. The van der Waals surface area contributed by atoms with Gasteiger partial charge in [-0.05, 0) is 6.07 Å². The number of piperazine rings is 1. The molecule has 0 spiro atoms. The van der Waals surface area contributed by atoms with Gasteiger partial charge in [0.2, 0.25) is 5.95 Å². The van der Waals surface area contributed by atoms with E-state index in [1.165, 1.54) is 11.8 Å². The number of nitrogens with zero attached hydrogens (tertiary/aromatic N) is 4. The van der Waals surface area contributed by atoms with Crippen LogP contribution in [0.3, 0.4) is 0 Å². The molecule has 0 aliphatic carbocycles. The summed E-state index contributed by atoms with van der Waals surface area (Å²) in [6.45, 7) is 3.40. The molecule has 20 heavy (non-hydrogen) atoms. The van der Waals surface area contributed by atoms with Gasteiger partial charge in [-0.1, -0.05) is 24.0 Å². The average molecular weight is 333 g/mol. The van der Waals surface area contributed by atoms with Crippen molar-refractivity contribution in [2.45, 2.75) is 6.10 Å². The van der Waals surface area contributed by atoms with E-state index in [4.69, 9.17) is 23.8 Å². The Bertz CT molecular complexity index is 429. The summed E-state index contributed by atoms with van der Waals surface area (Å²) in [6.07, 6.45) is 3.00. The molecule has 1 aromatic heterocycles. The molecule has 0 bridgehead atoms. The number of aliphatic hydroxyl groups is 1. The van der Waals surface area contributed by atoms with E-state index in [0.29, 0.717) is 5.75 Å². The number of hydrogen-bond acceptors (Lipinski definition) is 6. The molecule has 1 saturated heterocycles. The molecule has 0 amide bonds. The van der Waals surface area contributed by atoms with E-state index in [9.17, 15) is 5.11 Å². The Hall–Kier alpha value is -0.630. The summed E-state index contributed by atoms with van der Waals surface area (Å²) >= 11 is 12.4. The molecule has 1 N–H and O–H groups in total. The topological polar surface area (TPSA) is 52.5 Å². The number of anilines is 1. The van der Waals surface area contributed by atoms with Crippen molar-refractivity contribution in [1.29, 1.82) is 0 Å². The lowest BCUT2D eigenvalue weighted by atomic mass is 10.3. The fourth-order valence-corrected chi connectivity index (χ4v) is 3.29. The summed E-state index contributed by atoms with van der Waals surface area (Å²) in [6, 6.07) is 1.81. The molecule has 110 valence electrons. The van der Waals surface area contributed by atoms with Crippen molar-refractivity contribution >= 4 is 45.8 Å². The summed E-state index contributed by atoms with van der Waals surface area (Å²) in [4.78, 5) is 12.8. The molecule has 0 aromatic carbocycles. The first kappa shape index (κ1) is 15.8. The second kappa shape index (κ2) is 7.97. The van der Waals surface area contributed by atoms with Crippen molar-refractivity contribution < 1.29 is 5.11 Å².